The highest BCUT2D eigenvalue weighted by atomic mass is 16.2. The Bertz CT molecular complexity index is 422. The molecule has 1 aromatic rings. The summed E-state index contributed by atoms with van der Waals surface area (Å²) < 4.78 is 0. The monoisotopic (exact) mass is 258 g/mol. The number of hydrogen-bond donors (Lipinski definition) is 1. The minimum atomic E-state index is 0.0973. The Balaban J connectivity index is 1.91. The summed E-state index contributed by atoms with van der Waals surface area (Å²) in [5, 5.41) is 3.43. The molecule has 3 heteroatoms. The molecule has 1 aromatic carbocycles. The van der Waals surface area contributed by atoms with Gasteiger partial charge in [0.1, 0.15) is 0 Å². The summed E-state index contributed by atoms with van der Waals surface area (Å²) in [6.07, 6.45) is 5.95. The van der Waals surface area contributed by atoms with Gasteiger partial charge in [-0.3, -0.25) is 4.79 Å². The highest BCUT2D eigenvalue weighted by Gasteiger charge is 2.18. The average molecular weight is 258 g/mol. The standard InChI is InChI=1S/C16H22N2O/c1-2-18(13-15-9-6-12-17-15)16(19)11-10-14-7-4-3-5-8-14/h3-5,7-8,10-11,15,17H,2,6,9,12-13H2,1H3/b11-10+. The fraction of sp³-hybridized carbons (Fsp3) is 0.438. The number of likely N-dealkylation sites (N-methyl/N-ethyl adjacent to an activating group) is 1. The van der Waals surface area contributed by atoms with Crippen LogP contribution in [0.25, 0.3) is 6.08 Å². The molecule has 1 fully saturated rings. The van der Waals surface area contributed by atoms with Gasteiger partial charge < -0.3 is 10.2 Å². The van der Waals surface area contributed by atoms with E-state index in [4.69, 9.17) is 0 Å². The normalized spacial score (nSPS) is 18.9. The summed E-state index contributed by atoms with van der Waals surface area (Å²) in [6.45, 7) is 4.68. The van der Waals surface area contributed by atoms with Gasteiger partial charge >= 0.3 is 0 Å². The summed E-state index contributed by atoms with van der Waals surface area (Å²) >= 11 is 0. The summed E-state index contributed by atoms with van der Waals surface area (Å²) in [7, 11) is 0. The van der Waals surface area contributed by atoms with Crippen molar-refractivity contribution in [2.75, 3.05) is 19.6 Å². The maximum Gasteiger partial charge on any atom is 0.246 e. The van der Waals surface area contributed by atoms with E-state index in [-0.39, 0.29) is 5.91 Å². The lowest BCUT2D eigenvalue weighted by atomic mass is 10.2. The van der Waals surface area contributed by atoms with Crippen LogP contribution in [0, 0.1) is 0 Å². The van der Waals surface area contributed by atoms with E-state index < -0.39 is 0 Å². The maximum atomic E-state index is 12.1. The molecule has 3 nitrogen and oxygen atoms in total. The predicted molar refractivity (Wildman–Crippen MR) is 78.8 cm³/mol. The van der Waals surface area contributed by atoms with E-state index >= 15 is 0 Å². The molecule has 1 atom stereocenters. The molecule has 1 amide bonds. The Hall–Kier alpha value is -1.61. The molecule has 1 aliphatic rings. The van der Waals surface area contributed by atoms with Gasteiger partial charge in [0.05, 0.1) is 0 Å². The van der Waals surface area contributed by atoms with E-state index in [0.29, 0.717) is 6.04 Å². The minimum absolute atomic E-state index is 0.0973. The molecule has 1 heterocycles. The molecule has 2 rings (SSSR count). The van der Waals surface area contributed by atoms with E-state index in [2.05, 4.69) is 5.32 Å². The third-order valence-corrected chi connectivity index (χ3v) is 3.51. The second-order valence-corrected chi connectivity index (χ2v) is 4.91. The summed E-state index contributed by atoms with van der Waals surface area (Å²) in [5.74, 6) is 0.0973. The third kappa shape index (κ3) is 4.21. The molecular formula is C16H22N2O. The quantitative estimate of drug-likeness (QED) is 0.822. The first-order valence-corrected chi connectivity index (χ1v) is 7.05. The number of hydrogen-bond acceptors (Lipinski definition) is 2. The Labute approximate surface area is 115 Å². The fourth-order valence-electron chi connectivity index (χ4n) is 2.39. The van der Waals surface area contributed by atoms with Crippen LogP contribution in [0.2, 0.25) is 0 Å². The SMILES string of the molecule is CCN(CC1CCCN1)C(=O)/C=C/c1ccccc1. The van der Waals surface area contributed by atoms with Gasteiger partial charge in [-0.15, -0.1) is 0 Å². The molecule has 1 aliphatic heterocycles. The number of amides is 1. The third-order valence-electron chi connectivity index (χ3n) is 3.51. The number of carbonyl (C=O) groups is 1. The van der Waals surface area contributed by atoms with Crippen LogP contribution in [0.15, 0.2) is 36.4 Å². The molecule has 102 valence electrons. The Morgan fingerprint density at radius 3 is 2.84 bits per heavy atom. The van der Waals surface area contributed by atoms with Crippen molar-refractivity contribution in [2.24, 2.45) is 0 Å². The highest BCUT2D eigenvalue weighted by Crippen LogP contribution is 2.08. The molecule has 1 N–H and O–H groups in total. The van der Waals surface area contributed by atoms with E-state index in [1.54, 1.807) is 6.08 Å². The second kappa shape index (κ2) is 7.10. The number of nitrogens with one attached hydrogen (secondary N) is 1. The van der Waals surface area contributed by atoms with Gasteiger partial charge in [-0.25, -0.2) is 0 Å². The molecule has 1 unspecified atom stereocenters. The average Bonchev–Trinajstić information content (AvgIpc) is 2.96. The van der Waals surface area contributed by atoms with Crippen LogP contribution in [0.4, 0.5) is 0 Å². The molecule has 0 radical (unpaired) electrons. The number of rotatable bonds is 5. The Kier molecular flexibility index (Phi) is 5.16. The molecule has 0 aromatic heterocycles. The van der Waals surface area contributed by atoms with Gasteiger partial charge in [-0.05, 0) is 37.9 Å². The van der Waals surface area contributed by atoms with Gasteiger partial charge in [0.2, 0.25) is 5.91 Å². The lowest BCUT2D eigenvalue weighted by molar-refractivity contribution is -0.126. The first-order valence-electron chi connectivity index (χ1n) is 7.05. The zero-order valence-electron chi connectivity index (χ0n) is 11.5. The van der Waals surface area contributed by atoms with Crippen LogP contribution in [-0.2, 0) is 4.79 Å². The predicted octanol–water partition coefficient (Wildman–Crippen LogP) is 2.30. The van der Waals surface area contributed by atoms with Crippen LogP contribution in [0.3, 0.4) is 0 Å². The van der Waals surface area contributed by atoms with Gasteiger partial charge in [0, 0.05) is 25.2 Å². The van der Waals surface area contributed by atoms with E-state index in [1.807, 2.05) is 48.2 Å². The second-order valence-electron chi connectivity index (χ2n) is 4.91. The number of nitrogens with zero attached hydrogens (tertiary/aromatic N) is 1. The summed E-state index contributed by atoms with van der Waals surface area (Å²) in [5.41, 5.74) is 1.06. The van der Waals surface area contributed by atoms with Crippen LogP contribution in [-0.4, -0.2) is 36.5 Å². The van der Waals surface area contributed by atoms with Crippen molar-refractivity contribution < 1.29 is 4.79 Å². The van der Waals surface area contributed by atoms with Crippen LogP contribution < -0.4 is 5.32 Å². The highest BCUT2D eigenvalue weighted by molar-refractivity contribution is 5.91. The molecule has 19 heavy (non-hydrogen) atoms. The van der Waals surface area contributed by atoms with Gasteiger partial charge in [0.15, 0.2) is 0 Å². The van der Waals surface area contributed by atoms with Crippen molar-refractivity contribution in [3.8, 4) is 0 Å². The van der Waals surface area contributed by atoms with Gasteiger partial charge in [-0.1, -0.05) is 30.3 Å². The van der Waals surface area contributed by atoms with E-state index in [9.17, 15) is 4.79 Å². The number of benzene rings is 1. The maximum absolute atomic E-state index is 12.1. The van der Waals surface area contributed by atoms with Gasteiger partial charge in [-0.2, -0.15) is 0 Å². The van der Waals surface area contributed by atoms with Gasteiger partial charge in [0.25, 0.3) is 0 Å². The first-order chi connectivity index (χ1) is 9.29. The van der Waals surface area contributed by atoms with Crippen molar-refractivity contribution in [1.29, 1.82) is 0 Å². The summed E-state index contributed by atoms with van der Waals surface area (Å²) in [6, 6.07) is 10.4. The van der Waals surface area contributed by atoms with Crippen LogP contribution in [0.5, 0.6) is 0 Å². The zero-order valence-corrected chi connectivity index (χ0v) is 11.5. The molecule has 0 bridgehead atoms. The van der Waals surface area contributed by atoms with E-state index in [0.717, 1.165) is 25.2 Å². The largest absolute Gasteiger partial charge is 0.338 e. The van der Waals surface area contributed by atoms with Crippen LogP contribution in [0.1, 0.15) is 25.3 Å². The molecule has 0 aliphatic carbocycles. The fourth-order valence-corrected chi connectivity index (χ4v) is 2.39. The van der Waals surface area contributed by atoms with Crippen molar-refractivity contribution in [3.05, 3.63) is 42.0 Å². The molecular weight excluding hydrogens is 236 g/mol. The molecule has 1 saturated heterocycles. The van der Waals surface area contributed by atoms with Crippen LogP contribution >= 0.6 is 0 Å². The van der Waals surface area contributed by atoms with Crippen molar-refractivity contribution >= 4 is 12.0 Å². The summed E-state index contributed by atoms with van der Waals surface area (Å²) in [4.78, 5) is 14.1. The van der Waals surface area contributed by atoms with Crippen molar-refractivity contribution in [2.45, 2.75) is 25.8 Å². The lowest BCUT2D eigenvalue weighted by Crippen LogP contribution is -2.40. The lowest BCUT2D eigenvalue weighted by Gasteiger charge is -2.23. The Morgan fingerprint density at radius 2 is 2.21 bits per heavy atom. The Morgan fingerprint density at radius 1 is 1.42 bits per heavy atom. The first kappa shape index (κ1) is 13.8. The minimum Gasteiger partial charge on any atom is -0.338 e. The van der Waals surface area contributed by atoms with E-state index in [1.165, 1.54) is 12.8 Å². The molecule has 0 spiro atoms. The molecule has 0 saturated carbocycles. The smallest absolute Gasteiger partial charge is 0.246 e. The number of carbonyl (C=O) groups excluding carboxylic acids is 1. The van der Waals surface area contributed by atoms with Crippen molar-refractivity contribution in [1.82, 2.24) is 10.2 Å². The zero-order chi connectivity index (χ0) is 13.5. The topological polar surface area (TPSA) is 32.3 Å². The van der Waals surface area contributed by atoms with Crippen molar-refractivity contribution in [3.63, 3.8) is 0 Å².